The van der Waals surface area contributed by atoms with Crippen molar-refractivity contribution in [2.24, 2.45) is 0 Å². The lowest BCUT2D eigenvalue weighted by Gasteiger charge is -2.35. The fourth-order valence-electron chi connectivity index (χ4n) is 2.87. The number of ether oxygens (including phenoxy) is 1. The number of β-amino-alcohol motifs (C(OH)–C–C–N with tert-alkyl or cyclic N) is 1. The summed E-state index contributed by atoms with van der Waals surface area (Å²) in [5.74, 6) is 0.0304. The molecule has 3 heterocycles. The van der Waals surface area contributed by atoms with Gasteiger partial charge in [-0.15, -0.1) is 0 Å². The summed E-state index contributed by atoms with van der Waals surface area (Å²) in [5.41, 5.74) is -0.428. The highest BCUT2D eigenvalue weighted by Crippen LogP contribution is 2.31. The number of hydrogen-bond donors (Lipinski definition) is 2. The van der Waals surface area contributed by atoms with Gasteiger partial charge in [0, 0.05) is 25.7 Å². The molecule has 0 atom stereocenters. The lowest BCUT2D eigenvalue weighted by atomic mass is 10.1. The molecule has 0 aliphatic carbocycles. The van der Waals surface area contributed by atoms with Crippen molar-refractivity contribution in [3.8, 4) is 5.88 Å². The molecular weight excluding hydrogens is 311 g/mol. The number of aliphatic hydroxyl groups excluding tert-OH is 1. The number of pyridine rings is 1. The van der Waals surface area contributed by atoms with Gasteiger partial charge in [0.05, 0.1) is 6.10 Å². The fraction of sp³-hybridized carbons (Fsp3) is 0.667. The molecule has 8 heteroatoms. The minimum Gasteiger partial charge on any atom is -0.474 e. The molecule has 2 saturated heterocycles. The van der Waals surface area contributed by atoms with Crippen LogP contribution >= 0.6 is 0 Å². The Morgan fingerprint density at radius 3 is 2.57 bits per heavy atom. The standard InChI is InChI=1S/C15H20F3N3O2/c16-15(17,18)13-5-10(7-21-8-11(22)9-21)6-14(20-13)23-12-1-3-19-4-2-12/h5-6,11-12,19,22H,1-4,7-9H2. The molecule has 0 unspecified atom stereocenters. The van der Waals surface area contributed by atoms with E-state index < -0.39 is 11.9 Å². The molecule has 5 nitrogen and oxygen atoms in total. The van der Waals surface area contributed by atoms with Crippen molar-refractivity contribution in [3.05, 3.63) is 23.4 Å². The van der Waals surface area contributed by atoms with Crippen molar-refractivity contribution in [2.45, 2.75) is 37.8 Å². The van der Waals surface area contributed by atoms with Crippen molar-refractivity contribution in [1.82, 2.24) is 15.2 Å². The van der Waals surface area contributed by atoms with Gasteiger partial charge in [0.1, 0.15) is 11.8 Å². The van der Waals surface area contributed by atoms with E-state index in [-0.39, 0.29) is 18.1 Å². The third-order valence-electron chi connectivity index (χ3n) is 4.07. The molecule has 0 aromatic carbocycles. The lowest BCUT2D eigenvalue weighted by molar-refractivity contribution is -0.141. The minimum atomic E-state index is -4.50. The monoisotopic (exact) mass is 331 g/mol. The second-order valence-electron chi connectivity index (χ2n) is 6.11. The van der Waals surface area contributed by atoms with E-state index in [1.165, 1.54) is 0 Å². The first kappa shape index (κ1) is 16.5. The summed E-state index contributed by atoms with van der Waals surface area (Å²) in [4.78, 5) is 5.51. The average molecular weight is 331 g/mol. The largest absolute Gasteiger partial charge is 0.474 e. The van der Waals surface area contributed by atoms with Crippen molar-refractivity contribution >= 4 is 0 Å². The Hall–Kier alpha value is -1.38. The number of nitrogens with one attached hydrogen (secondary N) is 1. The average Bonchev–Trinajstić information content (AvgIpc) is 2.45. The van der Waals surface area contributed by atoms with E-state index in [0.717, 1.165) is 32.0 Å². The molecule has 1 aromatic rings. The SMILES string of the molecule is OC1CN(Cc2cc(OC3CCNCC3)nc(C(F)(F)F)c2)C1. The van der Waals surface area contributed by atoms with Crippen LogP contribution in [-0.2, 0) is 12.7 Å². The molecule has 23 heavy (non-hydrogen) atoms. The van der Waals surface area contributed by atoms with Crippen LogP contribution in [0.2, 0.25) is 0 Å². The summed E-state index contributed by atoms with van der Waals surface area (Å²) in [6.45, 7) is 2.90. The molecule has 0 bridgehead atoms. The Morgan fingerprint density at radius 1 is 1.26 bits per heavy atom. The number of hydrogen-bond acceptors (Lipinski definition) is 5. The predicted molar refractivity (Wildman–Crippen MR) is 77.0 cm³/mol. The van der Waals surface area contributed by atoms with Crippen LogP contribution in [0.1, 0.15) is 24.1 Å². The Bertz CT molecular complexity index is 541. The number of aliphatic hydroxyl groups is 1. The van der Waals surface area contributed by atoms with E-state index in [1.54, 1.807) is 6.07 Å². The van der Waals surface area contributed by atoms with E-state index in [2.05, 4.69) is 10.3 Å². The van der Waals surface area contributed by atoms with Gasteiger partial charge in [-0.05, 0) is 37.6 Å². The molecule has 2 fully saturated rings. The Balaban J connectivity index is 1.76. The van der Waals surface area contributed by atoms with Crippen molar-refractivity contribution in [1.29, 1.82) is 0 Å². The normalized spacial score (nSPS) is 21.2. The predicted octanol–water partition coefficient (Wildman–Crippen LogP) is 1.41. The number of piperidine rings is 1. The van der Waals surface area contributed by atoms with E-state index in [1.807, 2.05) is 4.90 Å². The third kappa shape index (κ3) is 4.33. The first-order valence-electron chi connectivity index (χ1n) is 7.76. The van der Waals surface area contributed by atoms with Crippen LogP contribution in [0.4, 0.5) is 13.2 Å². The molecule has 1 aromatic heterocycles. The summed E-state index contributed by atoms with van der Waals surface area (Å²) in [6.07, 6.45) is -3.48. The zero-order valence-electron chi connectivity index (χ0n) is 12.6. The second kappa shape index (κ2) is 6.62. The summed E-state index contributed by atoms with van der Waals surface area (Å²) >= 11 is 0. The van der Waals surface area contributed by atoms with Crippen LogP contribution in [0.5, 0.6) is 5.88 Å². The Labute approximate surface area is 132 Å². The number of likely N-dealkylation sites (tertiary alicyclic amines) is 1. The van der Waals surface area contributed by atoms with Gasteiger partial charge in [-0.25, -0.2) is 4.98 Å². The molecule has 0 spiro atoms. The number of nitrogens with zero attached hydrogens (tertiary/aromatic N) is 2. The molecule has 0 saturated carbocycles. The molecule has 2 N–H and O–H groups in total. The zero-order valence-corrected chi connectivity index (χ0v) is 12.6. The van der Waals surface area contributed by atoms with Crippen LogP contribution in [0.15, 0.2) is 12.1 Å². The van der Waals surface area contributed by atoms with Gasteiger partial charge in [0.2, 0.25) is 5.88 Å². The molecular formula is C15H20F3N3O2. The fourth-order valence-corrected chi connectivity index (χ4v) is 2.87. The van der Waals surface area contributed by atoms with Crippen LogP contribution < -0.4 is 10.1 Å². The highest BCUT2D eigenvalue weighted by atomic mass is 19.4. The molecule has 3 rings (SSSR count). The Kier molecular flexibility index (Phi) is 4.74. The zero-order chi connectivity index (χ0) is 16.4. The summed E-state index contributed by atoms with van der Waals surface area (Å²) in [6, 6.07) is 2.63. The number of alkyl halides is 3. The number of halogens is 3. The summed E-state index contributed by atoms with van der Waals surface area (Å²) in [7, 11) is 0. The van der Waals surface area contributed by atoms with Crippen LogP contribution in [0, 0.1) is 0 Å². The minimum absolute atomic E-state index is 0.0304. The van der Waals surface area contributed by atoms with Gasteiger partial charge in [-0.3, -0.25) is 4.90 Å². The van der Waals surface area contributed by atoms with Crippen molar-refractivity contribution in [2.75, 3.05) is 26.2 Å². The second-order valence-corrected chi connectivity index (χ2v) is 6.11. The maximum atomic E-state index is 13.0. The van der Waals surface area contributed by atoms with E-state index in [0.29, 0.717) is 25.2 Å². The number of aromatic nitrogens is 1. The van der Waals surface area contributed by atoms with Crippen LogP contribution in [0.3, 0.4) is 0 Å². The maximum Gasteiger partial charge on any atom is 0.433 e. The van der Waals surface area contributed by atoms with Gasteiger partial charge in [-0.1, -0.05) is 0 Å². The van der Waals surface area contributed by atoms with Crippen LogP contribution in [-0.4, -0.2) is 53.4 Å². The van der Waals surface area contributed by atoms with E-state index in [4.69, 9.17) is 4.74 Å². The molecule has 2 aliphatic rings. The highest BCUT2D eigenvalue weighted by Gasteiger charge is 2.34. The van der Waals surface area contributed by atoms with Crippen LogP contribution in [0.25, 0.3) is 0 Å². The smallest absolute Gasteiger partial charge is 0.433 e. The van der Waals surface area contributed by atoms with E-state index >= 15 is 0 Å². The first-order valence-corrected chi connectivity index (χ1v) is 7.76. The number of rotatable bonds is 4. The summed E-state index contributed by atoms with van der Waals surface area (Å²) in [5, 5.41) is 12.5. The van der Waals surface area contributed by atoms with Gasteiger partial charge in [-0.2, -0.15) is 13.2 Å². The van der Waals surface area contributed by atoms with Gasteiger partial charge in [0.15, 0.2) is 0 Å². The summed E-state index contributed by atoms with van der Waals surface area (Å²) < 4.78 is 44.8. The third-order valence-corrected chi connectivity index (χ3v) is 4.07. The van der Waals surface area contributed by atoms with Crippen molar-refractivity contribution < 1.29 is 23.0 Å². The molecule has 0 radical (unpaired) electrons. The quantitative estimate of drug-likeness (QED) is 0.874. The molecule has 128 valence electrons. The van der Waals surface area contributed by atoms with Gasteiger partial charge < -0.3 is 15.2 Å². The van der Waals surface area contributed by atoms with Gasteiger partial charge in [0.25, 0.3) is 0 Å². The molecule has 0 amide bonds. The van der Waals surface area contributed by atoms with Gasteiger partial charge >= 0.3 is 6.18 Å². The highest BCUT2D eigenvalue weighted by molar-refractivity contribution is 5.27. The van der Waals surface area contributed by atoms with Crippen molar-refractivity contribution in [3.63, 3.8) is 0 Å². The lowest BCUT2D eigenvalue weighted by Crippen LogP contribution is -2.49. The Morgan fingerprint density at radius 2 is 1.96 bits per heavy atom. The maximum absolute atomic E-state index is 13.0. The topological polar surface area (TPSA) is 57.6 Å². The van der Waals surface area contributed by atoms with E-state index in [9.17, 15) is 18.3 Å². The first-order chi connectivity index (χ1) is 10.9. The molecule has 2 aliphatic heterocycles.